The first-order chi connectivity index (χ1) is 8.16. The minimum absolute atomic E-state index is 0.0322. The van der Waals surface area contributed by atoms with Gasteiger partial charge in [0, 0.05) is 19.5 Å². The lowest BCUT2D eigenvalue weighted by molar-refractivity contribution is -0.136. The lowest BCUT2D eigenvalue weighted by Crippen LogP contribution is -2.27. The molecule has 2 rings (SSSR count). The van der Waals surface area contributed by atoms with Gasteiger partial charge in [-0.2, -0.15) is 0 Å². The number of benzene rings is 1. The molecule has 0 atom stereocenters. The number of para-hydroxylation sites is 2. The first-order valence-electron chi connectivity index (χ1n) is 5.52. The van der Waals surface area contributed by atoms with Crippen LogP contribution in [0.5, 0.6) is 0 Å². The number of carboxylic acid groups (broad SMARTS) is 1. The molecule has 1 amide bonds. The minimum atomic E-state index is -0.828. The van der Waals surface area contributed by atoms with Gasteiger partial charge in [0.1, 0.15) is 0 Å². The summed E-state index contributed by atoms with van der Waals surface area (Å²) in [6.07, 6.45) is 0.455. The molecule has 2 N–H and O–H groups in total. The molecule has 0 unspecified atom stereocenters. The molecule has 0 saturated carbocycles. The molecule has 0 radical (unpaired) electrons. The fraction of sp³-hybridized carbons (Fsp3) is 0.333. The molecule has 0 saturated heterocycles. The normalized spacial score (nSPS) is 14.8. The highest BCUT2D eigenvalue weighted by Gasteiger charge is 2.18. The fourth-order valence-electron chi connectivity index (χ4n) is 1.89. The number of fused-ring (bicyclic) bond motifs is 1. The van der Waals surface area contributed by atoms with Crippen molar-refractivity contribution >= 4 is 23.3 Å². The Kier molecular flexibility index (Phi) is 3.27. The van der Waals surface area contributed by atoms with Crippen LogP contribution in [0.25, 0.3) is 0 Å². The third-order valence-electron chi connectivity index (χ3n) is 2.72. The second kappa shape index (κ2) is 4.86. The maximum absolute atomic E-state index is 11.5. The zero-order valence-electron chi connectivity index (χ0n) is 9.35. The van der Waals surface area contributed by atoms with Crippen LogP contribution < -0.4 is 10.2 Å². The second-order valence-electron chi connectivity index (χ2n) is 3.95. The monoisotopic (exact) mass is 234 g/mol. The first kappa shape index (κ1) is 11.4. The number of hydrogen-bond acceptors (Lipinski definition) is 3. The Hall–Kier alpha value is -2.04. The minimum Gasteiger partial charge on any atom is -0.481 e. The van der Waals surface area contributed by atoms with E-state index in [2.05, 4.69) is 5.32 Å². The second-order valence-corrected chi connectivity index (χ2v) is 3.95. The highest BCUT2D eigenvalue weighted by molar-refractivity contribution is 5.96. The Balaban J connectivity index is 2.22. The van der Waals surface area contributed by atoms with Crippen molar-refractivity contribution < 1.29 is 14.7 Å². The standard InChI is InChI=1S/C12H14N2O3/c15-11-5-7-14(8-6-12(16)17)10-4-2-1-3-9(10)13-11/h1-4H,5-8H2,(H,13,15)(H,16,17). The molecule has 0 aromatic heterocycles. The van der Waals surface area contributed by atoms with Crippen LogP contribution in [0.1, 0.15) is 12.8 Å². The number of rotatable bonds is 3. The summed E-state index contributed by atoms with van der Waals surface area (Å²) in [5.41, 5.74) is 1.64. The molecule has 1 aromatic rings. The topological polar surface area (TPSA) is 69.6 Å². The predicted octanol–water partition coefficient (Wildman–Crippen LogP) is 1.31. The number of carbonyl (C=O) groups excluding carboxylic acids is 1. The Morgan fingerprint density at radius 3 is 2.94 bits per heavy atom. The van der Waals surface area contributed by atoms with Crippen LogP contribution in [0.4, 0.5) is 11.4 Å². The quantitative estimate of drug-likeness (QED) is 0.827. The zero-order valence-corrected chi connectivity index (χ0v) is 9.35. The van der Waals surface area contributed by atoms with Crippen molar-refractivity contribution in [3.8, 4) is 0 Å². The molecule has 17 heavy (non-hydrogen) atoms. The number of amides is 1. The molecule has 1 heterocycles. The highest BCUT2D eigenvalue weighted by Crippen LogP contribution is 2.28. The maximum atomic E-state index is 11.5. The molecular weight excluding hydrogens is 220 g/mol. The van der Waals surface area contributed by atoms with Gasteiger partial charge in [-0.05, 0) is 12.1 Å². The van der Waals surface area contributed by atoms with E-state index in [1.54, 1.807) is 0 Å². The Bertz CT molecular complexity index is 445. The van der Waals surface area contributed by atoms with Gasteiger partial charge in [0.25, 0.3) is 0 Å². The zero-order chi connectivity index (χ0) is 12.3. The molecule has 0 bridgehead atoms. The Morgan fingerprint density at radius 1 is 1.41 bits per heavy atom. The van der Waals surface area contributed by atoms with Crippen molar-refractivity contribution in [1.82, 2.24) is 0 Å². The van der Waals surface area contributed by atoms with Crippen LogP contribution in [0.3, 0.4) is 0 Å². The van der Waals surface area contributed by atoms with Gasteiger partial charge in [-0.25, -0.2) is 0 Å². The third kappa shape index (κ3) is 2.75. The van der Waals surface area contributed by atoms with Crippen LogP contribution in [-0.4, -0.2) is 30.1 Å². The molecule has 1 aliphatic rings. The van der Waals surface area contributed by atoms with Crippen molar-refractivity contribution in [2.75, 3.05) is 23.3 Å². The van der Waals surface area contributed by atoms with Crippen LogP contribution in [0.15, 0.2) is 24.3 Å². The van der Waals surface area contributed by atoms with E-state index in [4.69, 9.17) is 5.11 Å². The van der Waals surface area contributed by atoms with Crippen LogP contribution >= 0.6 is 0 Å². The number of carboxylic acids is 1. The van der Waals surface area contributed by atoms with Crippen LogP contribution in [0, 0.1) is 0 Å². The number of nitrogens with zero attached hydrogens (tertiary/aromatic N) is 1. The number of hydrogen-bond donors (Lipinski definition) is 2. The number of anilines is 2. The van der Waals surface area contributed by atoms with Gasteiger partial charge < -0.3 is 15.3 Å². The van der Waals surface area contributed by atoms with Crippen molar-refractivity contribution in [2.45, 2.75) is 12.8 Å². The van der Waals surface area contributed by atoms with Crippen LogP contribution in [0.2, 0.25) is 0 Å². The third-order valence-corrected chi connectivity index (χ3v) is 2.72. The molecule has 1 aromatic carbocycles. The lowest BCUT2D eigenvalue weighted by atomic mass is 10.2. The maximum Gasteiger partial charge on any atom is 0.305 e. The average molecular weight is 234 g/mol. The smallest absolute Gasteiger partial charge is 0.305 e. The van der Waals surface area contributed by atoms with E-state index in [1.165, 1.54) is 0 Å². The number of carbonyl (C=O) groups is 2. The lowest BCUT2D eigenvalue weighted by Gasteiger charge is -2.23. The van der Waals surface area contributed by atoms with Crippen molar-refractivity contribution in [2.24, 2.45) is 0 Å². The SMILES string of the molecule is O=C(O)CCN1CCC(=O)Nc2ccccc21. The summed E-state index contributed by atoms with van der Waals surface area (Å²) < 4.78 is 0. The molecule has 5 nitrogen and oxygen atoms in total. The van der Waals surface area contributed by atoms with E-state index in [-0.39, 0.29) is 12.3 Å². The van der Waals surface area contributed by atoms with Gasteiger partial charge >= 0.3 is 5.97 Å². The number of nitrogens with one attached hydrogen (secondary N) is 1. The summed E-state index contributed by atoms with van der Waals surface area (Å²) in [6, 6.07) is 7.44. The molecule has 5 heteroatoms. The van der Waals surface area contributed by atoms with E-state index >= 15 is 0 Å². The molecule has 0 spiro atoms. The van der Waals surface area contributed by atoms with Gasteiger partial charge in [-0.3, -0.25) is 9.59 Å². The van der Waals surface area contributed by atoms with Crippen molar-refractivity contribution in [1.29, 1.82) is 0 Å². The van der Waals surface area contributed by atoms with Crippen LogP contribution in [-0.2, 0) is 9.59 Å². The van der Waals surface area contributed by atoms with Crippen molar-refractivity contribution in [3.63, 3.8) is 0 Å². The van der Waals surface area contributed by atoms with E-state index in [0.717, 1.165) is 11.4 Å². The predicted molar refractivity (Wildman–Crippen MR) is 64.2 cm³/mol. The van der Waals surface area contributed by atoms with Crippen molar-refractivity contribution in [3.05, 3.63) is 24.3 Å². The largest absolute Gasteiger partial charge is 0.481 e. The fourth-order valence-corrected chi connectivity index (χ4v) is 1.89. The molecule has 1 aliphatic heterocycles. The summed E-state index contributed by atoms with van der Waals surface area (Å²) >= 11 is 0. The summed E-state index contributed by atoms with van der Waals surface area (Å²) in [6.45, 7) is 0.970. The number of aliphatic carboxylic acids is 1. The van der Waals surface area contributed by atoms with Gasteiger partial charge in [0.2, 0.25) is 5.91 Å². The summed E-state index contributed by atoms with van der Waals surface area (Å²) in [5, 5.41) is 11.5. The van der Waals surface area contributed by atoms with Gasteiger partial charge in [-0.1, -0.05) is 12.1 Å². The van der Waals surface area contributed by atoms with E-state index in [0.29, 0.717) is 19.5 Å². The molecule has 90 valence electrons. The summed E-state index contributed by atoms with van der Waals surface area (Å²) in [5.74, 6) is -0.860. The van der Waals surface area contributed by atoms with Gasteiger partial charge in [0.05, 0.1) is 17.8 Å². The van der Waals surface area contributed by atoms with E-state index in [9.17, 15) is 9.59 Å². The van der Waals surface area contributed by atoms with Gasteiger partial charge in [-0.15, -0.1) is 0 Å². The Labute approximate surface area is 99.0 Å². The van der Waals surface area contributed by atoms with E-state index < -0.39 is 5.97 Å². The van der Waals surface area contributed by atoms with E-state index in [1.807, 2.05) is 29.2 Å². The average Bonchev–Trinajstić information content (AvgIpc) is 2.45. The Morgan fingerprint density at radius 2 is 2.18 bits per heavy atom. The summed E-state index contributed by atoms with van der Waals surface area (Å²) in [7, 11) is 0. The molecular formula is C12H14N2O3. The van der Waals surface area contributed by atoms with Gasteiger partial charge in [0.15, 0.2) is 0 Å². The highest BCUT2D eigenvalue weighted by atomic mass is 16.4. The molecule has 0 fully saturated rings. The first-order valence-corrected chi connectivity index (χ1v) is 5.52. The molecule has 0 aliphatic carbocycles. The summed E-state index contributed by atoms with van der Waals surface area (Å²) in [4.78, 5) is 24.0.